The predicted molar refractivity (Wildman–Crippen MR) is 100 cm³/mol. The van der Waals surface area contributed by atoms with Crippen molar-refractivity contribution in [1.82, 2.24) is 14.8 Å². The van der Waals surface area contributed by atoms with E-state index in [1.807, 2.05) is 43.1 Å². The van der Waals surface area contributed by atoms with E-state index in [0.29, 0.717) is 19.1 Å². The van der Waals surface area contributed by atoms with Crippen LogP contribution in [0, 0.1) is 11.8 Å². The van der Waals surface area contributed by atoms with Gasteiger partial charge < -0.3 is 14.6 Å². The van der Waals surface area contributed by atoms with Crippen molar-refractivity contribution in [2.24, 2.45) is 11.8 Å². The lowest BCUT2D eigenvalue weighted by molar-refractivity contribution is -0.137. The number of fused-ring (bicyclic) bond motifs is 2. The number of nitrogens with one attached hydrogen (secondary N) is 1. The molecule has 138 valence electrons. The maximum absolute atomic E-state index is 12.5. The number of carbonyl (C=O) groups is 1. The van der Waals surface area contributed by atoms with E-state index in [0.717, 1.165) is 48.3 Å². The molecule has 4 rings (SSSR count). The van der Waals surface area contributed by atoms with E-state index >= 15 is 0 Å². The van der Waals surface area contributed by atoms with E-state index in [4.69, 9.17) is 4.74 Å². The van der Waals surface area contributed by atoms with Gasteiger partial charge >= 0.3 is 0 Å². The molecule has 3 heterocycles. The van der Waals surface area contributed by atoms with E-state index in [9.17, 15) is 9.59 Å². The molecular formula is C20H25N3O3. The molecule has 0 bridgehead atoms. The quantitative estimate of drug-likeness (QED) is 0.909. The standard InChI is InChI=1S/C20H25N3O3/c1-3-26-16-4-5-18-14(9-16)8-15(19(24)21-18)11-23-10-13-6-7-22(2)20(25)17(13)12-23/h4-5,8-9,13,17H,3,6-7,10-12H2,1-2H3,(H,21,24)/t13-,17+/m1/s1. The second-order valence-corrected chi connectivity index (χ2v) is 7.41. The van der Waals surface area contributed by atoms with Crippen LogP contribution in [0.15, 0.2) is 29.1 Å². The van der Waals surface area contributed by atoms with Gasteiger partial charge in [0, 0.05) is 49.7 Å². The number of hydrogen-bond acceptors (Lipinski definition) is 4. The zero-order valence-electron chi connectivity index (χ0n) is 15.3. The Labute approximate surface area is 152 Å². The molecule has 2 fully saturated rings. The maximum atomic E-state index is 12.5. The SMILES string of the molecule is CCOc1ccc2[nH]c(=O)c(CN3C[C@H]4CCN(C)C(=O)[C@H]4C3)cc2c1. The summed E-state index contributed by atoms with van der Waals surface area (Å²) >= 11 is 0. The number of benzene rings is 1. The number of aromatic nitrogens is 1. The highest BCUT2D eigenvalue weighted by molar-refractivity contribution is 5.81. The first-order chi connectivity index (χ1) is 12.5. The van der Waals surface area contributed by atoms with Gasteiger partial charge in [-0.1, -0.05) is 0 Å². The second-order valence-electron chi connectivity index (χ2n) is 7.41. The fourth-order valence-electron chi connectivity index (χ4n) is 4.26. The van der Waals surface area contributed by atoms with Crippen molar-refractivity contribution in [3.63, 3.8) is 0 Å². The average Bonchev–Trinajstić information content (AvgIpc) is 3.03. The summed E-state index contributed by atoms with van der Waals surface area (Å²) in [5.74, 6) is 1.55. The molecule has 0 radical (unpaired) electrons. The van der Waals surface area contributed by atoms with Gasteiger partial charge in [-0.05, 0) is 43.5 Å². The number of ether oxygens (including phenoxy) is 1. The smallest absolute Gasteiger partial charge is 0.252 e. The third-order valence-corrected chi connectivity index (χ3v) is 5.64. The lowest BCUT2D eigenvalue weighted by Crippen LogP contribution is -2.42. The van der Waals surface area contributed by atoms with Crippen molar-refractivity contribution in [2.45, 2.75) is 19.9 Å². The monoisotopic (exact) mass is 355 g/mol. The Morgan fingerprint density at radius 2 is 2.08 bits per heavy atom. The van der Waals surface area contributed by atoms with Gasteiger partial charge in [-0.3, -0.25) is 14.5 Å². The van der Waals surface area contributed by atoms with Gasteiger partial charge in [0.1, 0.15) is 5.75 Å². The average molecular weight is 355 g/mol. The molecular weight excluding hydrogens is 330 g/mol. The summed E-state index contributed by atoms with van der Waals surface area (Å²) in [6.07, 6.45) is 1.05. The van der Waals surface area contributed by atoms with Gasteiger partial charge in [0.25, 0.3) is 5.56 Å². The molecule has 0 spiro atoms. The number of nitrogens with zero attached hydrogens (tertiary/aromatic N) is 2. The molecule has 6 heteroatoms. The molecule has 26 heavy (non-hydrogen) atoms. The summed E-state index contributed by atoms with van der Waals surface area (Å²) in [5.41, 5.74) is 1.50. The summed E-state index contributed by atoms with van der Waals surface area (Å²) in [6.45, 7) is 5.61. The number of amides is 1. The highest BCUT2D eigenvalue weighted by Gasteiger charge is 2.41. The van der Waals surface area contributed by atoms with Crippen molar-refractivity contribution in [1.29, 1.82) is 0 Å². The number of piperidine rings is 1. The second kappa shape index (κ2) is 6.76. The molecule has 1 aromatic carbocycles. The molecule has 2 atom stereocenters. The Hall–Kier alpha value is -2.34. The van der Waals surface area contributed by atoms with Crippen LogP contribution >= 0.6 is 0 Å². The van der Waals surface area contributed by atoms with Crippen LogP contribution in [0.25, 0.3) is 10.9 Å². The third kappa shape index (κ3) is 3.09. The Morgan fingerprint density at radius 3 is 2.88 bits per heavy atom. The zero-order chi connectivity index (χ0) is 18.3. The van der Waals surface area contributed by atoms with E-state index in [2.05, 4.69) is 9.88 Å². The third-order valence-electron chi connectivity index (χ3n) is 5.64. The molecule has 2 aliphatic rings. The fraction of sp³-hybridized carbons (Fsp3) is 0.500. The van der Waals surface area contributed by atoms with Gasteiger partial charge in [-0.15, -0.1) is 0 Å². The van der Waals surface area contributed by atoms with E-state index in [1.165, 1.54) is 0 Å². The number of pyridine rings is 1. The number of carbonyl (C=O) groups excluding carboxylic acids is 1. The zero-order valence-corrected chi connectivity index (χ0v) is 15.3. The summed E-state index contributed by atoms with van der Waals surface area (Å²) in [7, 11) is 1.88. The number of aromatic amines is 1. The Bertz CT molecular complexity index is 891. The maximum Gasteiger partial charge on any atom is 0.252 e. The Balaban J connectivity index is 1.56. The minimum absolute atomic E-state index is 0.0556. The molecule has 0 saturated carbocycles. The van der Waals surface area contributed by atoms with Crippen LogP contribution in [0.3, 0.4) is 0 Å². The Kier molecular flexibility index (Phi) is 4.44. The summed E-state index contributed by atoms with van der Waals surface area (Å²) in [5, 5.41) is 0.970. The van der Waals surface area contributed by atoms with Crippen LogP contribution in [0.2, 0.25) is 0 Å². The van der Waals surface area contributed by atoms with Crippen LogP contribution in [0.1, 0.15) is 18.9 Å². The largest absolute Gasteiger partial charge is 0.494 e. The van der Waals surface area contributed by atoms with Crippen LogP contribution in [-0.2, 0) is 11.3 Å². The van der Waals surface area contributed by atoms with E-state index < -0.39 is 0 Å². The first kappa shape index (κ1) is 17.1. The normalized spacial score (nSPS) is 23.5. The van der Waals surface area contributed by atoms with Crippen molar-refractivity contribution < 1.29 is 9.53 Å². The first-order valence-corrected chi connectivity index (χ1v) is 9.31. The van der Waals surface area contributed by atoms with Crippen LogP contribution in [0.5, 0.6) is 5.75 Å². The molecule has 1 amide bonds. The summed E-state index contributed by atoms with van der Waals surface area (Å²) in [6, 6.07) is 7.66. The predicted octanol–water partition coefficient (Wildman–Crippen LogP) is 1.84. The van der Waals surface area contributed by atoms with Crippen LogP contribution in [-0.4, -0.2) is 54.0 Å². The molecule has 2 saturated heterocycles. The molecule has 2 aromatic rings. The Morgan fingerprint density at radius 1 is 1.23 bits per heavy atom. The topological polar surface area (TPSA) is 65.6 Å². The molecule has 0 aliphatic carbocycles. The van der Waals surface area contributed by atoms with Gasteiger partial charge in [0.05, 0.1) is 12.5 Å². The molecule has 1 N–H and O–H groups in total. The summed E-state index contributed by atoms with van der Waals surface area (Å²) < 4.78 is 5.56. The minimum Gasteiger partial charge on any atom is -0.494 e. The van der Waals surface area contributed by atoms with E-state index in [-0.39, 0.29) is 17.4 Å². The van der Waals surface area contributed by atoms with Gasteiger partial charge in [-0.25, -0.2) is 0 Å². The van der Waals surface area contributed by atoms with Gasteiger partial charge in [0.2, 0.25) is 5.91 Å². The number of likely N-dealkylation sites (tertiary alicyclic amines) is 2. The van der Waals surface area contributed by atoms with Crippen molar-refractivity contribution in [3.05, 3.63) is 40.2 Å². The van der Waals surface area contributed by atoms with Crippen LogP contribution in [0.4, 0.5) is 0 Å². The highest BCUT2D eigenvalue weighted by Crippen LogP contribution is 2.32. The van der Waals surface area contributed by atoms with Gasteiger partial charge in [0.15, 0.2) is 0 Å². The number of hydrogen-bond donors (Lipinski definition) is 1. The lowest BCUT2D eigenvalue weighted by atomic mass is 9.88. The lowest BCUT2D eigenvalue weighted by Gasteiger charge is -2.30. The molecule has 1 aromatic heterocycles. The highest BCUT2D eigenvalue weighted by atomic mass is 16.5. The molecule has 2 aliphatic heterocycles. The van der Waals surface area contributed by atoms with E-state index in [1.54, 1.807) is 0 Å². The summed E-state index contributed by atoms with van der Waals surface area (Å²) in [4.78, 5) is 31.9. The first-order valence-electron chi connectivity index (χ1n) is 9.31. The molecule has 0 unspecified atom stereocenters. The number of H-pyrrole nitrogens is 1. The van der Waals surface area contributed by atoms with Crippen LogP contribution < -0.4 is 10.3 Å². The minimum atomic E-state index is -0.0556. The molecule has 6 nitrogen and oxygen atoms in total. The fourth-order valence-corrected chi connectivity index (χ4v) is 4.26. The van der Waals surface area contributed by atoms with Crippen molar-refractivity contribution >= 4 is 16.8 Å². The van der Waals surface area contributed by atoms with Crippen molar-refractivity contribution in [2.75, 3.05) is 33.3 Å². The van der Waals surface area contributed by atoms with Crippen molar-refractivity contribution in [3.8, 4) is 5.75 Å². The number of rotatable bonds is 4. The van der Waals surface area contributed by atoms with Gasteiger partial charge in [-0.2, -0.15) is 0 Å².